The molecule has 0 aliphatic carbocycles. The number of aromatic nitrogens is 1. The fourth-order valence-electron chi connectivity index (χ4n) is 1.90. The number of hydrogen-bond donors (Lipinski definition) is 0. The highest BCUT2D eigenvalue weighted by Crippen LogP contribution is 2.14. The van der Waals surface area contributed by atoms with Gasteiger partial charge in [0.2, 0.25) is 0 Å². The van der Waals surface area contributed by atoms with E-state index in [1.165, 1.54) is 23.2 Å². The summed E-state index contributed by atoms with van der Waals surface area (Å²) in [6.45, 7) is 2.09. The van der Waals surface area contributed by atoms with Crippen LogP contribution in [-0.4, -0.2) is 22.3 Å². The number of rotatable bonds is 4. The lowest BCUT2D eigenvalue weighted by atomic mass is 10.1. The third kappa shape index (κ3) is 3.39. The molecule has 2 rings (SSSR count). The lowest BCUT2D eigenvalue weighted by Gasteiger charge is -2.21. The minimum Gasteiger partial charge on any atom is -0.335 e. The Balaban J connectivity index is 2.21. The molecule has 0 unspecified atom stereocenters. The summed E-state index contributed by atoms with van der Waals surface area (Å²) in [5.41, 5.74) is 0.327. The lowest BCUT2D eigenvalue weighted by molar-refractivity contribution is 0.0747. The predicted octanol–water partition coefficient (Wildman–Crippen LogP) is 3.16. The molecule has 0 N–H and O–H groups in total. The van der Waals surface area contributed by atoms with Crippen molar-refractivity contribution in [2.24, 2.45) is 0 Å². The van der Waals surface area contributed by atoms with E-state index in [-0.39, 0.29) is 12.1 Å². The van der Waals surface area contributed by atoms with Gasteiger partial charge in [-0.1, -0.05) is 6.07 Å². The van der Waals surface area contributed by atoms with Crippen molar-refractivity contribution >= 4 is 5.91 Å². The van der Waals surface area contributed by atoms with Crippen molar-refractivity contribution < 1.29 is 18.0 Å². The topological polar surface area (TPSA) is 33.2 Å². The number of nitrogens with zero attached hydrogens (tertiary/aromatic N) is 2. The van der Waals surface area contributed by atoms with Crippen LogP contribution in [0.25, 0.3) is 0 Å². The molecule has 0 bridgehead atoms. The number of benzene rings is 1. The maximum absolute atomic E-state index is 13.6. The van der Waals surface area contributed by atoms with E-state index in [0.29, 0.717) is 12.1 Å². The van der Waals surface area contributed by atoms with Gasteiger partial charge >= 0.3 is 0 Å². The van der Waals surface area contributed by atoms with Crippen molar-refractivity contribution in [3.63, 3.8) is 0 Å². The van der Waals surface area contributed by atoms with Crippen LogP contribution in [0.2, 0.25) is 0 Å². The van der Waals surface area contributed by atoms with E-state index in [0.717, 1.165) is 18.3 Å². The zero-order valence-electron chi connectivity index (χ0n) is 11.3. The second-order valence-electron chi connectivity index (χ2n) is 4.42. The molecule has 0 aliphatic rings. The number of pyridine rings is 1. The number of carbonyl (C=O) groups excluding carboxylic acids is 1. The maximum atomic E-state index is 13.6. The van der Waals surface area contributed by atoms with Crippen LogP contribution in [0.4, 0.5) is 13.2 Å². The molecule has 1 amide bonds. The molecule has 0 saturated heterocycles. The van der Waals surface area contributed by atoms with Gasteiger partial charge in [0.1, 0.15) is 0 Å². The van der Waals surface area contributed by atoms with E-state index in [9.17, 15) is 18.0 Å². The summed E-state index contributed by atoms with van der Waals surface area (Å²) < 4.78 is 39.6. The first-order valence-corrected chi connectivity index (χ1v) is 6.35. The molecule has 0 atom stereocenters. The third-order valence-corrected chi connectivity index (χ3v) is 3.03. The van der Waals surface area contributed by atoms with Gasteiger partial charge in [0.05, 0.1) is 11.8 Å². The Morgan fingerprint density at radius 2 is 1.90 bits per heavy atom. The molecular formula is C15H13F3N2O. The van der Waals surface area contributed by atoms with E-state index < -0.39 is 23.4 Å². The van der Waals surface area contributed by atoms with Gasteiger partial charge in [0, 0.05) is 19.3 Å². The molecular weight excluding hydrogens is 281 g/mol. The molecule has 110 valence electrons. The molecule has 0 radical (unpaired) electrons. The van der Waals surface area contributed by atoms with Gasteiger partial charge in [-0.15, -0.1) is 0 Å². The average Bonchev–Trinajstić information content (AvgIpc) is 2.48. The Morgan fingerprint density at radius 1 is 1.14 bits per heavy atom. The highest BCUT2D eigenvalue weighted by Gasteiger charge is 2.18. The highest BCUT2D eigenvalue weighted by molar-refractivity contribution is 5.94. The van der Waals surface area contributed by atoms with Gasteiger partial charge in [-0.25, -0.2) is 13.2 Å². The summed E-state index contributed by atoms with van der Waals surface area (Å²) in [4.78, 5) is 17.2. The monoisotopic (exact) mass is 294 g/mol. The van der Waals surface area contributed by atoms with E-state index in [1.807, 2.05) is 0 Å². The first-order valence-electron chi connectivity index (χ1n) is 6.35. The molecule has 0 spiro atoms. The van der Waals surface area contributed by atoms with Gasteiger partial charge in [-0.05, 0) is 30.7 Å². The molecule has 6 heteroatoms. The van der Waals surface area contributed by atoms with Crippen molar-refractivity contribution in [1.82, 2.24) is 9.88 Å². The Bertz CT molecular complexity index is 661. The van der Waals surface area contributed by atoms with Gasteiger partial charge in [-0.2, -0.15) is 0 Å². The van der Waals surface area contributed by atoms with Crippen LogP contribution < -0.4 is 0 Å². The Labute approximate surface area is 120 Å². The van der Waals surface area contributed by atoms with Crippen molar-refractivity contribution in [3.05, 3.63) is 65.2 Å². The van der Waals surface area contributed by atoms with Crippen molar-refractivity contribution in [1.29, 1.82) is 0 Å². The minimum absolute atomic E-state index is 0.0638. The quantitative estimate of drug-likeness (QED) is 0.868. The molecule has 1 aromatic carbocycles. The summed E-state index contributed by atoms with van der Waals surface area (Å²) in [5, 5.41) is 0. The SMILES string of the molecule is CCN(Cc1ccc(F)c(F)c1)C(=O)c1ccncc1F. The Kier molecular flexibility index (Phi) is 4.57. The number of amides is 1. The molecule has 0 saturated carbocycles. The van der Waals surface area contributed by atoms with Crippen molar-refractivity contribution in [3.8, 4) is 0 Å². The minimum atomic E-state index is -0.980. The summed E-state index contributed by atoms with van der Waals surface area (Å²) in [7, 11) is 0. The van der Waals surface area contributed by atoms with Crippen LogP contribution in [0.3, 0.4) is 0 Å². The van der Waals surface area contributed by atoms with Gasteiger partial charge in [-0.3, -0.25) is 9.78 Å². The number of halogens is 3. The summed E-state index contributed by atoms with van der Waals surface area (Å²) >= 11 is 0. The third-order valence-electron chi connectivity index (χ3n) is 3.03. The summed E-state index contributed by atoms with van der Waals surface area (Å²) in [6.07, 6.45) is 2.28. The zero-order valence-corrected chi connectivity index (χ0v) is 11.3. The van der Waals surface area contributed by atoms with Crippen LogP contribution in [0.5, 0.6) is 0 Å². The van der Waals surface area contributed by atoms with Crippen LogP contribution in [0.15, 0.2) is 36.7 Å². The van der Waals surface area contributed by atoms with Crippen LogP contribution in [0.1, 0.15) is 22.8 Å². The van der Waals surface area contributed by atoms with E-state index in [2.05, 4.69) is 4.98 Å². The second-order valence-corrected chi connectivity index (χ2v) is 4.42. The smallest absolute Gasteiger partial charge is 0.257 e. The molecule has 2 aromatic rings. The largest absolute Gasteiger partial charge is 0.335 e. The Hall–Kier alpha value is -2.37. The van der Waals surface area contributed by atoms with Gasteiger partial charge in [0.25, 0.3) is 5.91 Å². The first kappa shape index (κ1) is 15.0. The summed E-state index contributed by atoms with van der Waals surface area (Å²) in [6, 6.07) is 4.69. The standard InChI is InChI=1S/C15H13F3N2O/c1-2-20(9-10-3-4-12(16)13(17)7-10)15(21)11-5-6-19-8-14(11)18/h3-8H,2,9H2,1H3. The van der Waals surface area contributed by atoms with Crippen LogP contribution in [0, 0.1) is 17.5 Å². The van der Waals surface area contributed by atoms with Crippen molar-refractivity contribution in [2.75, 3.05) is 6.54 Å². The Morgan fingerprint density at radius 3 is 2.52 bits per heavy atom. The van der Waals surface area contributed by atoms with Crippen LogP contribution >= 0.6 is 0 Å². The number of carbonyl (C=O) groups is 1. The van der Waals surface area contributed by atoms with Crippen LogP contribution in [-0.2, 0) is 6.54 Å². The molecule has 21 heavy (non-hydrogen) atoms. The van der Waals surface area contributed by atoms with Gasteiger partial charge < -0.3 is 4.90 Å². The zero-order chi connectivity index (χ0) is 15.4. The molecule has 1 aromatic heterocycles. The summed E-state index contributed by atoms with van der Waals surface area (Å²) in [5.74, 6) is -3.17. The lowest BCUT2D eigenvalue weighted by Crippen LogP contribution is -2.31. The fourth-order valence-corrected chi connectivity index (χ4v) is 1.90. The molecule has 0 aliphatic heterocycles. The highest BCUT2D eigenvalue weighted by atomic mass is 19.2. The molecule has 0 fully saturated rings. The van der Waals surface area contributed by atoms with E-state index >= 15 is 0 Å². The fraction of sp³-hybridized carbons (Fsp3) is 0.200. The normalized spacial score (nSPS) is 10.5. The maximum Gasteiger partial charge on any atom is 0.257 e. The van der Waals surface area contributed by atoms with E-state index in [4.69, 9.17) is 0 Å². The van der Waals surface area contributed by atoms with Gasteiger partial charge in [0.15, 0.2) is 17.5 Å². The molecule has 1 heterocycles. The first-order chi connectivity index (χ1) is 10.0. The second kappa shape index (κ2) is 6.39. The van der Waals surface area contributed by atoms with Crippen molar-refractivity contribution in [2.45, 2.75) is 13.5 Å². The average molecular weight is 294 g/mol. The number of hydrogen-bond acceptors (Lipinski definition) is 2. The van der Waals surface area contributed by atoms with E-state index in [1.54, 1.807) is 6.92 Å². The molecule has 3 nitrogen and oxygen atoms in total. The predicted molar refractivity (Wildman–Crippen MR) is 71.0 cm³/mol.